The van der Waals surface area contributed by atoms with Crippen molar-refractivity contribution in [3.05, 3.63) is 75.8 Å². The van der Waals surface area contributed by atoms with Crippen molar-refractivity contribution in [3.8, 4) is 0 Å². The number of benzene rings is 2. The van der Waals surface area contributed by atoms with E-state index < -0.39 is 28.8 Å². The number of carboxylic acid groups (broad SMARTS) is 1. The summed E-state index contributed by atoms with van der Waals surface area (Å²) in [6.45, 7) is 0.0760. The SMILES string of the molecule is O=C(CCC(NC(=O)c1ccc([N+](=O)[O-])cc1)C(=O)O)OCc1ccccc1. The number of carbonyl (C=O) groups is 3. The van der Waals surface area contributed by atoms with Crippen LogP contribution in [0.1, 0.15) is 28.8 Å². The number of rotatable bonds is 9. The van der Waals surface area contributed by atoms with Crippen LogP contribution in [0, 0.1) is 10.1 Å². The van der Waals surface area contributed by atoms with Gasteiger partial charge in [-0.15, -0.1) is 0 Å². The van der Waals surface area contributed by atoms with E-state index >= 15 is 0 Å². The van der Waals surface area contributed by atoms with Gasteiger partial charge in [0.15, 0.2) is 0 Å². The van der Waals surface area contributed by atoms with E-state index in [9.17, 15) is 29.6 Å². The normalized spacial score (nSPS) is 11.3. The van der Waals surface area contributed by atoms with Crippen LogP contribution < -0.4 is 5.32 Å². The Morgan fingerprint density at radius 2 is 1.71 bits per heavy atom. The molecule has 28 heavy (non-hydrogen) atoms. The predicted octanol–water partition coefficient (Wildman–Crippen LogP) is 2.30. The molecule has 9 heteroatoms. The molecule has 1 unspecified atom stereocenters. The number of hydrogen-bond acceptors (Lipinski definition) is 6. The second-order valence-electron chi connectivity index (χ2n) is 5.85. The fraction of sp³-hybridized carbons (Fsp3) is 0.211. The van der Waals surface area contributed by atoms with Crippen molar-refractivity contribution in [2.24, 2.45) is 0 Å². The van der Waals surface area contributed by atoms with Crippen molar-refractivity contribution < 1.29 is 29.2 Å². The van der Waals surface area contributed by atoms with E-state index in [-0.39, 0.29) is 30.7 Å². The van der Waals surface area contributed by atoms with Gasteiger partial charge in [-0.2, -0.15) is 0 Å². The fourth-order valence-corrected chi connectivity index (χ4v) is 2.31. The minimum atomic E-state index is -1.30. The number of carboxylic acids is 1. The standard InChI is InChI=1S/C19H18N2O7/c22-17(28-12-13-4-2-1-3-5-13)11-10-16(19(24)25)20-18(23)14-6-8-15(9-7-14)21(26)27/h1-9,16H,10-12H2,(H,20,23)(H,24,25). The van der Waals surface area contributed by atoms with Gasteiger partial charge in [-0.25, -0.2) is 4.79 Å². The number of nitro groups is 1. The van der Waals surface area contributed by atoms with Gasteiger partial charge in [-0.3, -0.25) is 19.7 Å². The Bertz CT molecular complexity index is 850. The van der Waals surface area contributed by atoms with E-state index in [1.165, 1.54) is 12.1 Å². The second kappa shape index (κ2) is 9.81. The summed E-state index contributed by atoms with van der Waals surface area (Å²) in [5.74, 6) is -2.59. The predicted molar refractivity (Wildman–Crippen MR) is 97.5 cm³/mol. The molecule has 0 aliphatic rings. The first-order valence-corrected chi connectivity index (χ1v) is 8.34. The highest BCUT2D eigenvalue weighted by Gasteiger charge is 2.22. The first-order valence-electron chi connectivity index (χ1n) is 8.34. The average Bonchev–Trinajstić information content (AvgIpc) is 2.70. The summed E-state index contributed by atoms with van der Waals surface area (Å²) in [4.78, 5) is 45.3. The Morgan fingerprint density at radius 1 is 1.07 bits per heavy atom. The van der Waals surface area contributed by atoms with Crippen LogP contribution in [0.2, 0.25) is 0 Å². The molecule has 0 aliphatic heterocycles. The summed E-state index contributed by atoms with van der Waals surface area (Å²) in [5.41, 5.74) is 0.688. The lowest BCUT2D eigenvalue weighted by Gasteiger charge is -2.14. The highest BCUT2D eigenvalue weighted by Crippen LogP contribution is 2.12. The van der Waals surface area contributed by atoms with E-state index in [1.54, 1.807) is 24.3 Å². The molecule has 0 saturated carbocycles. The minimum absolute atomic E-state index is 0.0727. The molecule has 2 aromatic rings. The van der Waals surface area contributed by atoms with Crippen LogP contribution >= 0.6 is 0 Å². The lowest BCUT2D eigenvalue weighted by atomic mass is 10.1. The molecule has 0 aromatic heterocycles. The number of nitrogens with zero attached hydrogens (tertiary/aromatic N) is 1. The zero-order chi connectivity index (χ0) is 20.5. The summed E-state index contributed by atoms with van der Waals surface area (Å²) in [6.07, 6.45) is -0.341. The third-order valence-corrected chi connectivity index (χ3v) is 3.82. The highest BCUT2D eigenvalue weighted by atomic mass is 16.6. The maximum absolute atomic E-state index is 12.1. The van der Waals surface area contributed by atoms with Crippen molar-refractivity contribution in [3.63, 3.8) is 0 Å². The van der Waals surface area contributed by atoms with Gasteiger partial charge in [-0.05, 0) is 24.1 Å². The number of esters is 1. The fourth-order valence-electron chi connectivity index (χ4n) is 2.31. The quantitative estimate of drug-likeness (QED) is 0.383. The zero-order valence-electron chi connectivity index (χ0n) is 14.7. The van der Waals surface area contributed by atoms with Crippen LogP contribution in [0.5, 0.6) is 0 Å². The number of carbonyl (C=O) groups excluding carboxylic acids is 2. The van der Waals surface area contributed by atoms with Gasteiger partial charge in [0.2, 0.25) is 0 Å². The molecule has 9 nitrogen and oxygen atoms in total. The van der Waals surface area contributed by atoms with E-state index in [2.05, 4.69) is 5.32 Å². The van der Waals surface area contributed by atoms with Crippen LogP contribution in [0.4, 0.5) is 5.69 Å². The molecule has 0 radical (unpaired) electrons. The molecule has 0 bridgehead atoms. The monoisotopic (exact) mass is 386 g/mol. The molecule has 146 valence electrons. The summed E-state index contributed by atoms with van der Waals surface area (Å²) < 4.78 is 5.08. The van der Waals surface area contributed by atoms with Gasteiger partial charge in [0.05, 0.1) is 4.92 Å². The van der Waals surface area contributed by atoms with Gasteiger partial charge in [0.1, 0.15) is 12.6 Å². The smallest absolute Gasteiger partial charge is 0.326 e. The number of non-ortho nitro benzene ring substituents is 1. The molecule has 1 amide bonds. The molecule has 0 fully saturated rings. The van der Waals surface area contributed by atoms with Gasteiger partial charge >= 0.3 is 11.9 Å². The van der Waals surface area contributed by atoms with Crippen LogP contribution in [0.15, 0.2) is 54.6 Å². The van der Waals surface area contributed by atoms with E-state index in [0.29, 0.717) is 0 Å². The third-order valence-electron chi connectivity index (χ3n) is 3.82. The number of nitro benzene ring substituents is 1. The number of hydrogen-bond donors (Lipinski definition) is 2. The van der Waals surface area contributed by atoms with Crippen molar-refractivity contribution in [1.29, 1.82) is 0 Å². The number of ether oxygens (including phenoxy) is 1. The van der Waals surface area contributed by atoms with Crippen molar-refractivity contribution in [1.82, 2.24) is 5.32 Å². The van der Waals surface area contributed by atoms with Crippen LogP contribution in [-0.2, 0) is 20.9 Å². The van der Waals surface area contributed by atoms with Gasteiger partial charge in [0, 0.05) is 24.1 Å². The first kappa shape index (κ1) is 20.6. The molecular weight excluding hydrogens is 368 g/mol. The molecule has 0 aliphatic carbocycles. The molecule has 0 heterocycles. The van der Waals surface area contributed by atoms with Crippen LogP contribution in [-0.4, -0.2) is 33.9 Å². The molecule has 2 rings (SSSR count). The van der Waals surface area contributed by atoms with E-state index in [4.69, 9.17) is 4.74 Å². The second-order valence-corrected chi connectivity index (χ2v) is 5.85. The molecule has 0 spiro atoms. The van der Waals surface area contributed by atoms with Crippen molar-refractivity contribution in [2.75, 3.05) is 0 Å². The topological polar surface area (TPSA) is 136 Å². The lowest BCUT2D eigenvalue weighted by molar-refractivity contribution is -0.384. The summed E-state index contributed by atoms with van der Waals surface area (Å²) in [7, 11) is 0. The molecule has 2 N–H and O–H groups in total. The molecular formula is C19H18N2O7. The van der Waals surface area contributed by atoms with Crippen molar-refractivity contribution >= 4 is 23.5 Å². The Morgan fingerprint density at radius 3 is 2.29 bits per heavy atom. The van der Waals surface area contributed by atoms with Crippen molar-refractivity contribution in [2.45, 2.75) is 25.5 Å². The zero-order valence-corrected chi connectivity index (χ0v) is 14.7. The van der Waals surface area contributed by atoms with Gasteiger partial charge < -0.3 is 15.2 Å². The number of amides is 1. The Balaban J connectivity index is 1.86. The highest BCUT2D eigenvalue weighted by molar-refractivity contribution is 5.96. The van der Waals surface area contributed by atoms with Gasteiger partial charge in [-0.1, -0.05) is 30.3 Å². The molecule has 0 saturated heterocycles. The number of nitrogens with one attached hydrogen (secondary N) is 1. The minimum Gasteiger partial charge on any atom is -0.480 e. The van der Waals surface area contributed by atoms with Crippen LogP contribution in [0.3, 0.4) is 0 Å². The maximum Gasteiger partial charge on any atom is 0.326 e. The van der Waals surface area contributed by atoms with Gasteiger partial charge in [0.25, 0.3) is 11.6 Å². The summed E-state index contributed by atoms with van der Waals surface area (Å²) in [6, 6.07) is 12.4. The van der Waals surface area contributed by atoms with E-state index in [0.717, 1.165) is 17.7 Å². The lowest BCUT2D eigenvalue weighted by Crippen LogP contribution is -2.41. The third kappa shape index (κ3) is 6.20. The molecule has 1 atom stereocenters. The Kier molecular flexibility index (Phi) is 7.21. The first-order chi connectivity index (χ1) is 13.4. The Labute approximate surface area is 160 Å². The molecule has 2 aromatic carbocycles. The summed E-state index contributed by atoms with van der Waals surface area (Å²) in [5, 5.41) is 22.2. The average molecular weight is 386 g/mol. The Hall–Kier alpha value is -3.75. The number of aliphatic carboxylic acids is 1. The maximum atomic E-state index is 12.1. The largest absolute Gasteiger partial charge is 0.480 e. The van der Waals surface area contributed by atoms with E-state index in [1.807, 2.05) is 6.07 Å². The van der Waals surface area contributed by atoms with Crippen LogP contribution in [0.25, 0.3) is 0 Å². The summed E-state index contributed by atoms with van der Waals surface area (Å²) >= 11 is 0.